The summed E-state index contributed by atoms with van der Waals surface area (Å²) in [7, 11) is 3.09. The van der Waals surface area contributed by atoms with Gasteiger partial charge in [0.1, 0.15) is 18.1 Å². The van der Waals surface area contributed by atoms with Gasteiger partial charge < -0.3 is 28.5 Å². The molecule has 2 amide bonds. The Morgan fingerprint density at radius 2 is 1.43 bits per heavy atom. The first-order valence-electron chi connectivity index (χ1n) is 11.4. The molecule has 1 fully saturated rings. The summed E-state index contributed by atoms with van der Waals surface area (Å²) in [6.45, 7) is 5.91. The molecule has 1 saturated heterocycles. The second-order valence-corrected chi connectivity index (χ2v) is 8.27. The van der Waals surface area contributed by atoms with Crippen LogP contribution < -0.4 is 14.2 Å². The van der Waals surface area contributed by atoms with E-state index in [2.05, 4.69) is 5.16 Å². The molecule has 0 radical (unpaired) electrons. The van der Waals surface area contributed by atoms with Crippen LogP contribution in [-0.2, 0) is 6.61 Å². The molecule has 1 aromatic heterocycles. The highest BCUT2D eigenvalue weighted by atomic mass is 16.5. The van der Waals surface area contributed by atoms with Crippen molar-refractivity contribution in [2.75, 3.05) is 40.4 Å². The molecule has 184 valence electrons. The van der Waals surface area contributed by atoms with E-state index in [1.807, 2.05) is 13.8 Å². The highest BCUT2D eigenvalue weighted by Crippen LogP contribution is 2.28. The van der Waals surface area contributed by atoms with Gasteiger partial charge in [-0.05, 0) is 56.3 Å². The molecule has 0 atom stereocenters. The molecule has 2 heterocycles. The summed E-state index contributed by atoms with van der Waals surface area (Å²) in [6, 6.07) is 12.2. The summed E-state index contributed by atoms with van der Waals surface area (Å²) in [5.74, 6) is 2.30. The van der Waals surface area contributed by atoms with Gasteiger partial charge in [0.05, 0.1) is 25.5 Å². The number of piperazine rings is 1. The Hall–Kier alpha value is -4.01. The molecular weight excluding hydrogens is 450 g/mol. The van der Waals surface area contributed by atoms with E-state index in [-0.39, 0.29) is 11.8 Å². The second kappa shape index (κ2) is 10.5. The third-order valence-electron chi connectivity index (χ3n) is 6.15. The SMILES string of the molecule is COc1ccc(C(=O)N2CCN(C(=O)c3ccc(OCc4c(C)noc4C)cc3)CC2)cc1OC. The van der Waals surface area contributed by atoms with Gasteiger partial charge in [-0.3, -0.25) is 9.59 Å². The maximum atomic E-state index is 13.0. The number of methoxy groups -OCH3 is 2. The largest absolute Gasteiger partial charge is 0.493 e. The minimum absolute atomic E-state index is 0.0690. The fraction of sp³-hybridized carbons (Fsp3) is 0.346. The Labute approximate surface area is 204 Å². The lowest BCUT2D eigenvalue weighted by atomic mass is 10.1. The van der Waals surface area contributed by atoms with E-state index < -0.39 is 0 Å². The van der Waals surface area contributed by atoms with Crippen LogP contribution in [0.4, 0.5) is 0 Å². The van der Waals surface area contributed by atoms with Crippen molar-refractivity contribution in [2.45, 2.75) is 20.5 Å². The molecule has 0 spiro atoms. The zero-order valence-corrected chi connectivity index (χ0v) is 20.4. The number of carbonyl (C=O) groups is 2. The zero-order valence-electron chi connectivity index (χ0n) is 20.4. The molecule has 0 bridgehead atoms. The molecule has 0 saturated carbocycles. The summed E-state index contributed by atoms with van der Waals surface area (Å²) in [5.41, 5.74) is 2.83. The number of rotatable bonds is 7. The fourth-order valence-corrected chi connectivity index (χ4v) is 4.00. The topological polar surface area (TPSA) is 94.3 Å². The average molecular weight is 480 g/mol. The van der Waals surface area contributed by atoms with Crippen molar-refractivity contribution < 1.29 is 28.3 Å². The van der Waals surface area contributed by atoms with Crippen molar-refractivity contribution in [1.29, 1.82) is 0 Å². The van der Waals surface area contributed by atoms with E-state index in [1.54, 1.807) is 59.4 Å². The second-order valence-electron chi connectivity index (χ2n) is 8.27. The minimum Gasteiger partial charge on any atom is -0.493 e. The molecule has 4 rings (SSSR count). The van der Waals surface area contributed by atoms with Crippen LogP contribution in [0.1, 0.15) is 37.7 Å². The van der Waals surface area contributed by atoms with Gasteiger partial charge in [-0.2, -0.15) is 0 Å². The van der Waals surface area contributed by atoms with Crippen LogP contribution >= 0.6 is 0 Å². The van der Waals surface area contributed by atoms with Gasteiger partial charge in [-0.1, -0.05) is 5.16 Å². The van der Waals surface area contributed by atoms with Gasteiger partial charge in [0.2, 0.25) is 0 Å². The number of ether oxygens (including phenoxy) is 3. The average Bonchev–Trinajstić information content (AvgIpc) is 3.23. The van der Waals surface area contributed by atoms with Crippen LogP contribution in [0.5, 0.6) is 17.2 Å². The molecule has 0 unspecified atom stereocenters. The van der Waals surface area contributed by atoms with Crippen LogP contribution in [0.25, 0.3) is 0 Å². The van der Waals surface area contributed by atoms with Gasteiger partial charge in [-0.15, -0.1) is 0 Å². The summed E-state index contributed by atoms with van der Waals surface area (Å²) >= 11 is 0. The van der Waals surface area contributed by atoms with Gasteiger partial charge in [0.15, 0.2) is 11.5 Å². The quantitative estimate of drug-likeness (QED) is 0.512. The Bertz CT molecular complexity index is 1180. The fourth-order valence-electron chi connectivity index (χ4n) is 4.00. The summed E-state index contributed by atoms with van der Waals surface area (Å²) in [4.78, 5) is 29.4. The van der Waals surface area contributed by atoms with E-state index in [0.717, 1.165) is 17.0 Å². The van der Waals surface area contributed by atoms with E-state index in [4.69, 9.17) is 18.7 Å². The summed E-state index contributed by atoms with van der Waals surface area (Å²) < 4.78 is 21.5. The van der Waals surface area contributed by atoms with Gasteiger partial charge in [0, 0.05) is 37.3 Å². The number of amides is 2. The molecule has 2 aromatic carbocycles. The third kappa shape index (κ3) is 5.24. The number of carbonyl (C=O) groups excluding carboxylic acids is 2. The minimum atomic E-state index is -0.0992. The van der Waals surface area contributed by atoms with Gasteiger partial charge in [-0.25, -0.2) is 0 Å². The van der Waals surface area contributed by atoms with Crippen molar-refractivity contribution >= 4 is 11.8 Å². The Morgan fingerprint density at radius 1 is 0.857 bits per heavy atom. The normalized spacial score (nSPS) is 13.5. The maximum Gasteiger partial charge on any atom is 0.254 e. The van der Waals surface area contributed by atoms with E-state index in [1.165, 1.54) is 7.11 Å². The van der Waals surface area contributed by atoms with Gasteiger partial charge in [0.25, 0.3) is 11.8 Å². The van der Waals surface area contributed by atoms with Crippen LogP contribution in [0, 0.1) is 13.8 Å². The van der Waals surface area contributed by atoms with Crippen molar-refractivity contribution in [3.05, 3.63) is 70.6 Å². The number of aryl methyl sites for hydroxylation is 2. The monoisotopic (exact) mass is 479 g/mol. The molecule has 9 nitrogen and oxygen atoms in total. The lowest BCUT2D eigenvalue weighted by Gasteiger charge is -2.35. The predicted octanol–water partition coefficient (Wildman–Crippen LogP) is 3.49. The van der Waals surface area contributed by atoms with E-state index in [0.29, 0.717) is 61.2 Å². The first kappa shape index (κ1) is 24.1. The molecule has 35 heavy (non-hydrogen) atoms. The highest BCUT2D eigenvalue weighted by molar-refractivity contribution is 5.96. The lowest BCUT2D eigenvalue weighted by molar-refractivity contribution is 0.0535. The van der Waals surface area contributed by atoms with Crippen molar-refractivity contribution in [3.8, 4) is 17.2 Å². The summed E-state index contributed by atoms with van der Waals surface area (Å²) in [6.07, 6.45) is 0. The van der Waals surface area contributed by atoms with Crippen LogP contribution in [0.2, 0.25) is 0 Å². The maximum absolute atomic E-state index is 13.0. The standard InChI is InChI=1S/C26H29N3O6/c1-17-22(18(2)35-27-17)16-34-21-8-5-19(6-9-21)25(30)28-11-13-29(14-12-28)26(31)20-7-10-23(32-3)24(15-20)33-4/h5-10,15H,11-14,16H2,1-4H3. The van der Waals surface area contributed by atoms with Crippen molar-refractivity contribution in [3.63, 3.8) is 0 Å². The smallest absolute Gasteiger partial charge is 0.254 e. The number of aromatic nitrogens is 1. The van der Waals surface area contributed by atoms with Crippen molar-refractivity contribution in [1.82, 2.24) is 15.0 Å². The molecule has 0 N–H and O–H groups in total. The molecule has 9 heteroatoms. The molecule has 1 aliphatic rings. The zero-order chi connectivity index (χ0) is 24.9. The van der Waals surface area contributed by atoms with E-state index >= 15 is 0 Å². The van der Waals surface area contributed by atoms with Crippen LogP contribution in [0.3, 0.4) is 0 Å². The number of nitrogens with zero attached hydrogens (tertiary/aromatic N) is 3. The summed E-state index contributed by atoms with van der Waals surface area (Å²) in [5, 5.41) is 3.93. The number of hydrogen-bond acceptors (Lipinski definition) is 7. The number of hydrogen-bond donors (Lipinski definition) is 0. The highest BCUT2D eigenvalue weighted by Gasteiger charge is 2.26. The lowest BCUT2D eigenvalue weighted by Crippen LogP contribution is -2.50. The first-order chi connectivity index (χ1) is 16.9. The molecule has 0 aliphatic carbocycles. The predicted molar refractivity (Wildman–Crippen MR) is 128 cm³/mol. The first-order valence-corrected chi connectivity index (χ1v) is 11.4. The van der Waals surface area contributed by atoms with Crippen LogP contribution in [0.15, 0.2) is 47.0 Å². The molecule has 1 aliphatic heterocycles. The molecular formula is C26H29N3O6. The van der Waals surface area contributed by atoms with E-state index in [9.17, 15) is 9.59 Å². The number of benzene rings is 2. The van der Waals surface area contributed by atoms with Gasteiger partial charge >= 0.3 is 0 Å². The molecule has 3 aromatic rings. The van der Waals surface area contributed by atoms with Crippen molar-refractivity contribution in [2.24, 2.45) is 0 Å². The Balaban J connectivity index is 1.32. The van der Waals surface area contributed by atoms with Crippen LogP contribution in [-0.4, -0.2) is 67.2 Å². The Morgan fingerprint density at radius 3 is 1.97 bits per heavy atom. The Kier molecular flexibility index (Phi) is 7.24. The third-order valence-corrected chi connectivity index (χ3v) is 6.15.